The number of pyridine rings is 1. The number of halogens is 2. The van der Waals surface area contributed by atoms with Gasteiger partial charge in [-0.2, -0.15) is 0 Å². The number of amides is 1. The second-order valence-electron chi connectivity index (χ2n) is 8.04. The van der Waals surface area contributed by atoms with Crippen molar-refractivity contribution in [2.45, 2.75) is 25.4 Å². The van der Waals surface area contributed by atoms with E-state index in [1.807, 2.05) is 36.6 Å². The number of para-hydroxylation sites is 1. The molecule has 4 aromatic rings. The van der Waals surface area contributed by atoms with Gasteiger partial charge in [0.05, 0.1) is 22.8 Å². The second-order valence-corrected chi connectivity index (χ2v) is 9.11. The van der Waals surface area contributed by atoms with Crippen molar-refractivity contribution in [1.29, 1.82) is 0 Å². The van der Waals surface area contributed by atoms with Crippen LogP contribution in [0.25, 0.3) is 22.2 Å². The van der Waals surface area contributed by atoms with Gasteiger partial charge in [-0.1, -0.05) is 30.3 Å². The van der Waals surface area contributed by atoms with Gasteiger partial charge in [0.1, 0.15) is 0 Å². The van der Waals surface area contributed by atoms with Crippen molar-refractivity contribution in [1.82, 2.24) is 14.9 Å². The highest BCUT2D eigenvalue weighted by atomic mass is 32.1. The number of thiazole rings is 1. The Morgan fingerprint density at radius 1 is 1.12 bits per heavy atom. The quantitative estimate of drug-likeness (QED) is 0.394. The van der Waals surface area contributed by atoms with Crippen molar-refractivity contribution >= 4 is 28.1 Å². The minimum Gasteiger partial charge on any atom is -0.466 e. The molecule has 1 aliphatic rings. The van der Waals surface area contributed by atoms with E-state index in [2.05, 4.69) is 9.97 Å². The molecule has 0 radical (unpaired) electrons. The van der Waals surface area contributed by atoms with Crippen LogP contribution >= 0.6 is 11.3 Å². The maximum absolute atomic E-state index is 14.7. The number of carbonyl (C=O) groups excluding carboxylic acids is 1. The maximum atomic E-state index is 14.7. The van der Waals surface area contributed by atoms with Crippen LogP contribution in [-0.2, 0) is 0 Å². The fourth-order valence-electron chi connectivity index (χ4n) is 3.93. The van der Waals surface area contributed by atoms with Crippen LogP contribution in [-0.4, -0.2) is 45.9 Å². The number of fused-ring (bicyclic) bond motifs is 1. The zero-order chi connectivity index (χ0) is 23.0. The molecule has 3 heterocycles. The zero-order valence-electron chi connectivity index (χ0n) is 17.9. The molecule has 2 aromatic carbocycles. The molecule has 1 aliphatic heterocycles. The smallest absolute Gasteiger partial charge is 0.287 e. The Hall–Kier alpha value is -3.39. The number of benzene rings is 2. The minimum atomic E-state index is -3.07. The van der Waals surface area contributed by atoms with Gasteiger partial charge >= 0.3 is 0 Å². The summed E-state index contributed by atoms with van der Waals surface area (Å²) >= 11 is 1.53. The van der Waals surface area contributed by atoms with E-state index in [0.29, 0.717) is 11.1 Å². The first-order valence-electron chi connectivity index (χ1n) is 10.6. The Bertz CT molecular complexity index is 1320. The standard InChI is InChI=1S/C25H21F2N3O2S/c1-16-28-21(15-33-16)18-6-4-7-19(13-18)24(31)30-12-11-25(26,27)22(14-30)32-23-10-9-17-5-2-3-8-20(17)29-23/h2-10,13,15,22H,11-12,14H2,1H3. The summed E-state index contributed by atoms with van der Waals surface area (Å²) < 4.78 is 35.0. The molecular formula is C25H21F2N3O2S. The zero-order valence-corrected chi connectivity index (χ0v) is 18.7. The molecule has 1 atom stereocenters. The lowest BCUT2D eigenvalue weighted by Crippen LogP contribution is -2.55. The van der Waals surface area contributed by atoms with Gasteiger partial charge in [-0.15, -0.1) is 11.3 Å². The molecule has 1 saturated heterocycles. The van der Waals surface area contributed by atoms with Crippen molar-refractivity contribution in [3.8, 4) is 17.1 Å². The molecule has 1 fully saturated rings. The topological polar surface area (TPSA) is 55.3 Å². The van der Waals surface area contributed by atoms with E-state index < -0.39 is 18.4 Å². The highest BCUT2D eigenvalue weighted by Crippen LogP contribution is 2.33. The fraction of sp³-hybridized carbons (Fsp3) is 0.240. The first-order chi connectivity index (χ1) is 15.9. The third-order valence-electron chi connectivity index (χ3n) is 5.72. The van der Waals surface area contributed by atoms with Crippen LogP contribution in [0.4, 0.5) is 8.78 Å². The number of alkyl halides is 2. The van der Waals surface area contributed by atoms with Crippen molar-refractivity contribution in [2.75, 3.05) is 13.1 Å². The highest BCUT2D eigenvalue weighted by Gasteiger charge is 2.47. The fourth-order valence-corrected chi connectivity index (χ4v) is 4.55. The van der Waals surface area contributed by atoms with Gasteiger partial charge in [0, 0.05) is 40.9 Å². The van der Waals surface area contributed by atoms with Crippen molar-refractivity contribution in [3.63, 3.8) is 0 Å². The Labute approximate surface area is 193 Å². The van der Waals surface area contributed by atoms with Crippen LogP contribution in [0.5, 0.6) is 5.88 Å². The average Bonchev–Trinajstić information content (AvgIpc) is 3.26. The van der Waals surface area contributed by atoms with Gasteiger partial charge in [0.15, 0.2) is 6.10 Å². The Balaban J connectivity index is 1.36. The van der Waals surface area contributed by atoms with E-state index in [1.165, 1.54) is 16.2 Å². The van der Waals surface area contributed by atoms with E-state index in [-0.39, 0.29) is 24.9 Å². The van der Waals surface area contributed by atoms with E-state index in [4.69, 9.17) is 4.74 Å². The number of hydrogen-bond donors (Lipinski definition) is 0. The number of likely N-dealkylation sites (tertiary alicyclic amines) is 1. The second kappa shape index (κ2) is 8.51. The van der Waals surface area contributed by atoms with Crippen molar-refractivity contribution < 1.29 is 18.3 Å². The number of ether oxygens (including phenoxy) is 1. The Morgan fingerprint density at radius 3 is 2.79 bits per heavy atom. The molecule has 0 saturated carbocycles. The molecule has 0 aliphatic carbocycles. The molecule has 1 amide bonds. The lowest BCUT2D eigenvalue weighted by atomic mass is 10.0. The Kier molecular flexibility index (Phi) is 5.54. The number of nitrogens with zero attached hydrogens (tertiary/aromatic N) is 3. The SMILES string of the molecule is Cc1nc(-c2cccc(C(=O)N3CCC(F)(F)C(Oc4ccc5ccccc5n4)C3)c2)cs1. The van der Waals surface area contributed by atoms with Gasteiger partial charge in [-0.05, 0) is 31.2 Å². The van der Waals surface area contributed by atoms with Crippen LogP contribution in [0.15, 0.2) is 66.0 Å². The number of piperidine rings is 1. The molecule has 33 heavy (non-hydrogen) atoms. The number of aryl methyl sites for hydroxylation is 1. The number of carbonyl (C=O) groups is 1. The van der Waals surface area contributed by atoms with Crippen molar-refractivity contribution in [3.05, 3.63) is 76.6 Å². The molecule has 0 spiro atoms. The Morgan fingerprint density at radius 2 is 1.97 bits per heavy atom. The monoisotopic (exact) mass is 465 g/mol. The van der Waals surface area contributed by atoms with Crippen LogP contribution in [0, 0.1) is 6.92 Å². The maximum Gasteiger partial charge on any atom is 0.287 e. The summed E-state index contributed by atoms with van der Waals surface area (Å²) in [5.74, 6) is -3.25. The van der Waals surface area contributed by atoms with E-state index in [0.717, 1.165) is 21.7 Å². The molecule has 0 bridgehead atoms. The highest BCUT2D eigenvalue weighted by molar-refractivity contribution is 7.09. The van der Waals surface area contributed by atoms with E-state index in [9.17, 15) is 13.6 Å². The molecule has 168 valence electrons. The summed E-state index contributed by atoms with van der Waals surface area (Å²) in [5, 5.41) is 3.76. The van der Waals surface area contributed by atoms with E-state index in [1.54, 1.807) is 36.4 Å². The summed E-state index contributed by atoms with van der Waals surface area (Å²) in [6, 6.07) is 17.9. The lowest BCUT2D eigenvalue weighted by Gasteiger charge is -2.38. The summed E-state index contributed by atoms with van der Waals surface area (Å²) in [4.78, 5) is 23.4. The largest absolute Gasteiger partial charge is 0.466 e. The van der Waals surface area contributed by atoms with Gasteiger partial charge in [-0.3, -0.25) is 4.79 Å². The van der Waals surface area contributed by atoms with Gasteiger partial charge in [0.2, 0.25) is 5.88 Å². The van der Waals surface area contributed by atoms with Gasteiger partial charge < -0.3 is 9.64 Å². The molecule has 0 N–H and O–H groups in total. The predicted octanol–water partition coefficient (Wildman–Crippen LogP) is 5.60. The summed E-state index contributed by atoms with van der Waals surface area (Å²) in [6.45, 7) is 1.65. The lowest BCUT2D eigenvalue weighted by molar-refractivity contribution is -0.131. The summed E-state index contributed by atoms with van der Waals surface area (Å²) in [5.41, 5.74) is 2.71. The first kappa shape index (κ1) is 21.5. The van der Waals surface area contributed by atoms with Crippen LogP contribution < -0.4 is 4.74 Å². The third-order valence-corrected chi connectivity index (χ3v) is 6.49. The van der Waals surface area contributed by atoms with Crippen molar-refractivity contribution in [2.24, 2.45) is 0 Å². The van der Waals surface area contributed by atoms with Crippen LogP contribution in [0.3, 0.4) is 0 Å². The van der Waals surface area contributed by atoms with E-state index >= 15 is 0 Å². The van der Waals surface area contributed by atoms with Gasteiger partial charge in [0.25, 0.3) is 11.8 Å². The number of rotatable bonds is 4. The minimum absolute atomic E-state index is 0.0448. The van der Waals surface area contributed by atoms with Crippen LogP contribution in [0.1, 0.15) is 21.8 Å². The summed E-state index contributed by atoms with van der Waals surface area (Å²) in [6.07, 6.45) is -1.95. The van der Waals surface area contributed by atoms with Gasteiger partial charge in [-0.25, -0.2) is 18.7 Å². The number of aromatic nitrogens is 2. The number of hydrogen-bond acceptors (Lipinski definition) is 5. The average molecular weight is 466 g/mol. The molecule has 5 rings (SSSR count). The molecular weight excluding hydrogens is 444 g/mol. The first-order valence-corrected chi connectivity index (χ1v) is 11.5. The normalized spacial score (nSPS) is 17.8. The molecule has 5 nitrogen and oxygen atoms in total. The predicted molar refractivity (Wildman–Crippen MR) is 124 cm³/mol. The molecule has 8 heteroatoms. The molecule has 1 unspecified atom stereocenters. The summed E-state index contributed by atoms with van der Waals surface area (Å²) in [7, 11) is 0. The van der Waals surface area contributed by atoms with Crippen LogP contribution in [0.2, 0.25) is 0 Å². The third kappa shape index (κ3) is 4.43. The molecule has 2 aromatic heterocycles.